The van der Waals surface area contributed by atoms with E-state index in [9.17, 15) is 23.5 Å². The quantitative estimate of drug-likeness (QED) is 0.828. The van der Waals surface area contributed by atoms with Gasteiger partial charge in [0.05, 0.1) is 0 Å². The van der Waals surface area contributed by atoms with Crippen molar-refractivity contribution in [1.82, 2.24) is 15.1 Å². The van der Waals surface area contributed by atoms with Crippen molar-refractivity contribution in [3.63, 3.8) is 0 Å². The number of hydrogen-bond donors (Lipinski definition) is 2. The van der Waals surface area contributed by atoms with Gasteiger partial charge in [0.1, 0.15) is 11.6 Å². The summed E-state index contributed by atoms with van der Waals surface area (Å²) in [6, 6.07) is 3.24. The largest absolute Gasteiger partial charge is 0.465 e. The zero-order valence-electron chi connectivity index (χ0n) is 15.6. The van der Waals surface area contributed by atoms with Crippen LogP contribution in [0, 0.1) is 11.6 Å². The molecular weight excluding hydrogens is 368 g/mol. The number of benzene rings is 1. The smallest absolute Gasteiger partial charge is 0.407 e. The summed E-state index contributed by atoms with van der Waals surface area (Å²) in [4.78, 5) is 27.8. The first-order chi connectivity index (χ1) is 13.4. The third-order valence-electron chi connectivity index (χ3n) is 6.36. The fourth-order valence-corrected chi connectivity index (χ4v) is 5.17. The molecule has 1 aromatic carbocycles. The van der Waals surface area contributed by atoms with Crippen LogP contribution < -0.4 is 5.32 Å². The number of rotatable bonds is 3. The molecule has 28 heavy (non-hydrogen) atoms. The van der Waals surface area contributed by atoms with Crippen LogP contribution >= 0.6 is 0 Å². The van der Waals surface area contributed by atoms with E-state index in [2.05, 4.69) is 10.2 Å². The summed E-state index contributed by atoms with van der Waals surface area (Å²) in [6.07, 6.45) is 4.44. The lowest BCUT2D eigenvalue weighted by Crippen LogP contribution is -2.56. The van der Waals surface area contributed by atoms with Crippen molar-refractivity contribution >= 4 is 12.0 Å². The van der Waals surface area contributed by atoms with Crippen LogP contribution in [-0.2, 0) is 0 Å². The Balaban J connectivity index is 1.37. The van der Waals surface area contributed by atoms with Crippen molar-refractivity contribution in [3.8, 4) is 0 Å². The predicted octanol–water partition coefficient (Wildman–Crippen LogP) is 2.83. The van der Waals surface area contributed by atoms with Gasteiger partial charge < -0.3 is 15.3 Å². The molecule has 0 spiro atoms. The fraction of sp³-hybridized carbons (Fsp3) is 0.600. The van der Waals surface area contributed by atoms with Gasteiger partial charge in [-0.25, -0.2) is 13.6 Å². The average molecular weight is 393 g/mol. The molecule has 2 N–H and O–H groups in total. The number of likely N-dealkylation sites (tertiary alicyclic amines) is 1. The molecular formula is C20H25F2N3O3. The van der Waals surface area contributed by atoms with Crippen molar-refractivity contribution in [1.29, 1.82) is 0 Å². The van der Waals surface area contributed by atoms with Gasteiger partial charge in [-0.2, -0.15) is 0 Å². The van der Waals surface area contributed by atoms with E-state index >= 15 is 0 Å². The van der Waals surface area contributed by atoms with Gasteiger partial charge in [-0.1, -0.05) is 0 Å². The zero-order chi connectivity index (χ0) is 19.8. The highest BCUT2D eigenvalue weighted by Gasteiger charge is 2.45. The summed E-state index contributed by atoms with van der Waals surface area (Å²) < 4.78 is 26.7. The molecule has 6 nitrogen and oxygen atoms in total. The number of carboxylic acid groups (broad SMARTS) is 1. The van der Waals surface area contributed by atoms with Crippen LogP contribution in [0.5, 0.6) is 0 Å². The van der Waals surface area contributed by atoms with E-state index in [-0.39, 0.29) is 23.7 Å². The highest BCUT2D eigenvalue weighted by molar-refractivity contribution is 5.94. The summed E-state index contributed by atoms with van der Waals surface area (Å²) in [6.45, 7) is 1.61. The van der Waals surface area contributed by atoms with Crippen LogP contribution in [0.3, 0.4) is 0 Å². The third-order valence-corrected chi connectivity index (χ3v) is 6.36. The molecule has 2 amide bonds. The lowest BCUT2D eigenvalue weighted by atomic mass is 9.93. The van der Waals surface area contributed by atoms with Crippen molar-refractivity contribution in [2.45, 2.75) is 62.7 Å². The molecule has 4 rings (SSSR count). The second-order valence-electron chi connectivity index (χ2n) is 8.17. The minimum Gasteiger partial charge on any atom is -0.465 e. The molecule has 0 aromatic heterocycles. The van der Waals surface area contributed by atoms with Crippen molar-refractivity contribution in [2.24, 2.45) is 0 Å². The van der Waals surface area contributed by atoms with Gasteiger partial charge in [0, 0.05) is 42.3 Å². The Labute approximate surface area is 162 Å². The van der Waals surface area contributed by atoms with Gasteiger partial charge in [0.2, 0.25) is 0 Å². The van der Waals surface area contributed by atoms with Crippen LogP contribution in [0.1, 0.15) is 48.9 Å². The monoisotopic (exact) mass is 393 g/mol. The number of carbonyl (C=O) groups excluding carboxylic acids is 1. The van der Waals surface area contributed by atoms with E-state index in [0.29, 0.717) is 12.6 Å². The van der Waals surface area contributed by atoms with E-state index in [1.165, 1.54) is 0 Å². The Hall–Kier alpha value is -2.22. The molecule has 0 saturated carbocycles. The van der Waals surface area contributed by atoms with Gasteiger partial charge in [-0.15, -0.1) is 0 Å². The first-order valence-corrected chi connectivity index (χ1v) is 9.93. The molecule has 3 heterocycles. The molecule has 0 aliphatic carbocycles. The molecule has 0 radical (unpaired) electrons. The van der Waals surface area contributed by atoms with Gasteiger partial charge in [0.15, 0.2) is 0 Å². The van der Waals surface area contributed by atoms with Gasteiger partial charge in [0.25, 0.3) is 5.91 Å². The van der Waals surface area contributed by atoms with Crippen LogP contribution in [-0.4, -0.2) is 64.2 Å². The van der Waals surface area contributed by atoms with Crippen LogP contribution in [0.25, 0.3) is 0 Å². The van der Waals surface area contributed by atoms with Gasteiger partial charge in [-0.05, 0) is 57.2 Å². The first-order valence-electron chi connectivity index (χ1n) is 9.93. The first kappa shape index (κ1) is 19.1. The topological polar surface area (TPSA) is 72.9 Å². The number of amides is 2. The molecule has 8 heteroatoms. The van der Waals surface area contributed by atoms with Crippen molar-refractivity contribution in [2.75, 3.05) is 13.1 Å². The van der Waals surface area contributed by atoms with Crippen LogP contribution in [0.15, 0.2) is 18.2 Å². The highest BCUT2D eigenvalue weighted by Crippen LogP contribution is 2.38. The molecule has 2 bridgehead atoms. The van der Waals surface area contributed by atoms with Crippen LogP contribution in [0.4, 0.5) is 13.6 Å². The van der Waals surface area contributed by atoms with E-state index in [0.717, 1.165) is 63.3 Å². The molecule has 1 aromatic rings. The van der Waals surface area contributed by atoms with E-state index < -0.39 is 23.6 Å². The van der Waals surface area contributed by atoms with E-state index in [4.69, 9.17) is 0 Å². The molecule has 3 aliphatic heterocycles. The molecule has 2 unspecified atom stereocenters. The van der Waals surface area contributed by atoms with Gasteiger partial charge in [-0.3, -0.25) is 9.69 Å². The zero-order valence-corrected chi connectivity index (χ0v) is 15.6. The Morgan fingerprint density at radius 1 is 1.00 bits per heavy atom. The summed E-state index contributed by atoms with van der Waals surface area (Å²) >= 11 is 0. The van der Waals surface area contributed by atoms with E-state index in [1.807, 2.05) is 0 Å². The van der Waals surface area contributed by atoms with Crippen molar-refractivity contribution in [3.05, 3.63) is 35.4 Å². The van der Waals surface area contributed by atoms with Crippen LogP contribution in [0.2, 0.25) is 0 Å². The summed E-state index contributed by atoms with van der Waals surface area (Å²) in [5, 5.41) is 12.3. The molecule has 3 fully saturated rings. The summed E-state index contributed by atoms with van der Waals surface area (Å²) in [5.41, 5.74) is -0.0116. The lowest BCUT2D eigenvalue weighted by molar-refractivity contribution is 0.0419. The average Bonchev–Trinajstić information content (AvgIpc) is 2.91. The second kappa shape index (κ2) is 7.66. The number of fused-ring (bicyclic) bond motifs is 2. The molecule has 3 saturated heterocycles. The third kappa shape index (κ3) is 3.83. The minimum atomic E-state index is -0.822. The normalized spacial score (nSPS) is 30.3. The maximum absolute atomic E-state index is 13.4. The second-order valence-corrected chi connectivity index (χ2v) is 8.17. The summed E-state index contributed by atoms with van der Waals surface area (Å²) in [7, 11) is 0. The molecule has 152 valence electrons. The maximum atomic E-state index is 13.4. The number of hydrogen-bond acceptors (Lipinski definition) is 3. The van der Waals surface area contributed by atoms with Crippen molar-refractivity contribution < 1.29 is 23.5 Å². The number of nitrogens with zero attached hydrogens (tertiary/aromatic N) is 2. The number of carbonyl (C=O) groups is 2. The number of nitrogens with one attached hydrogen (secondary N) is 1. The number of piperidine rings is 2. The SMILES string of the molecule is O=C(N[C@@H]1CCCN(C2CC3CCC(C2)N3C(=O)O)C1)c1cc(F)cc(F)c1. The Kier molecular flexibility index (Phi) is 5.23. The Morgan fingerprint density at radius 3 is 2.25 bits per heavy atom. The highest BCUT2D eigenvalue weighted by atomic mass is 19.1. The van der Waals surface area contributed by atoms with E-state index in [1.54, 1.807) is 4.90 Å². The fourth-order valence-electron chi connectivity index (χ4n) is 5.17. The predicted molar refractivity (Wildman–Crippen MR) is 98.1 cm³/mol. The Morgan fingerprint density at radius 2 is 1.64 bits per heavy atom. The lowest BCUT2D eigenvalue weighted by Gasteiger charge is -2.45. The molecule has 3 aliphatic rings. The Bertz CT molecular complexity index is 741. The summed E-state index contributed by atoms with van der Waals surface area (Å²) in [5.74, 6) is -2.00. The minimum absolute atomic E-state index is 0.0116. The molecule has 3 atom stereocenters. The number of halogens is 2. The van der Waals surface area contributed by atoms with Gasteiger partial charge >= 0.3 is 6.09 Å². The maximum Gasteiger partial charge on any atom is 0.407 e. The standard InChI is InChI=1S/C20H25F2N3O3/c21-13-6-12(7-14(22)8-13)19(26)23-15-2-1-5-24(11-15)18-9-16-3-4-17(10-18)25(16)20(27)28/h6-8,15-18H,1-5,9-11H2,(H,23,26)(H,27,28)/t15-,16?,17?,18?/m1/s1.